The second-order valence-corrected chi connectivity index (χ2v) is 3.47. The molecule has 0 aliphatic rings. The van der Waals surface area contributed by atoms with Gasteiger partial charge in [-0.1, -0.05) is 0 Å². The van der Waals surface area contributed by atoms with Crippen LogP contribution in [0.4, 0.5) is 4.39 Å². The summed E-state index contributed by atoms with van der Waals surface area (Å²) in [5.74, 6) is 0.451. The number of hydrogen-bond donors (Lipinski definition) is 1. The van der Waals surface area contributed by atoms with E-state index in [9.17, 15) is 4.39 Å². The summed E-state index contributed by atoms with van der Waals surface area (Å²) in [5, 5.41) is 0. The van der Waals surface area contributed by atoms with Crippen LogP contribution in [-0.2, 0) is 0 Å². The SMILES string of the molecule is Fc1ccc(-c2nc3ncccc3[nH]2)cc1. The summed E-state index contributed by atoms with van der Waals surface area (Å²) in [6, 6.07) is 9.95. The molecule has 16 heavy (non-hydrogen) atoms. The fourth-order valence-electron chi connectivity index (χ4n) is 1.59. The number of imidazole rings is 1. The van der Waals surface area contributed by atoms with Crippen molar-refractivity contribution in [2.75, 3.05) is 0 Å². The normalized spacial score (nSPS) is 10.8. The predicted molar refractivity (Wildman–Crippen MR) is 59.3 cm³/mol. The highest BCUT2D eigenvalue weighted by Gasteiger charge is 2.04. The molecule has 3 aromatic rings. The van der Waals surface area contributed by atoms with Gasteiger partial charge in [0.05, 0.1) is 5.52 Å². The van der Waals surface area contributed by atoms with Gasteiger partial charge in [-0.15, -0.1) is 0 Å². The van der Waals surface area contributed by atoms with E-state index in [-0.39, 0.29) is 5.82 Å². The molecule has 0 unspecified atom stereocenters. The molecule has 0 amide bonds. The molecule has 3 nitrogen and oxygen atoms in total. The van der Waals surface area contributed by atoms with Crippen LogP contribution in [0.15, 0.2) is 42.6 Å². The maximum absolute atomic E-state index is 12.8. The number of benzene rings is 1. The van der Waals surface area contributed by atoms with Gasteiger partial charge in [0, 0.05) is 11.8 Å². The Morgan fingerprint density at radius 3 is 2.62 bits per heavy atom. The van der Waals surface area contributed by atoms with Crippen molar-refractivity contribution in [1.82, 2.24) is 15.0 Å². The Labute approximate surface area is 91.0 Å². The fourth-order valence-corrected chi connectivity index (χ4v) is 1.59. The van der Waals surface area contributed by atoms with Gasteiger partial charge in [0.1, 0.15) is 11.6 Å². The van der Waals surface area contributed by atoms with E-state index in [0.717, 1.165) is 11.1 Å². The molecule has 0 spiro atoms. The molecule has 0 radical (unpaired) electrons. The van der Waals surface area contributed by atoms with Gasteiger partial charge in [0.15, 0.2) is 5.65 Å². The van der Waals surface area contributed by atoms with Gasteiger partial charge in [-0.3, -0.25) is 0 Å². The van der Waals surface area contributed by atoms with Gasteiger partial charge >= 0.3 is 0 Å². The Balaban J connectivity index is 2.15. The standard InChI is InChI=1S/C12H8FN3/c13-9-5-3-8(4-6-9)11-15-10-2-1-7-14-12(10)16-11/h1-7H,(H,14,15,16). The third-order valence-corrected chi connectivity index (χ3v) is 2.38. The van der Waals surface area contributed by atoms with Gasteiger partial charge in [-0.05, 0) is 36.4 Å². The van der Waals surface area contributed by atoms with E-state index in [0.29, 0.717) is 11.5 Å². The summed E-state index contributed by atoms with van der Waals surface area (Å²) < 4.78 is 12.8. The number of hydrogen-bond acceptors (Lipinski definition) is 2. The molecule has 3 rings (SSSR count). The number of aromatic amines is 1. The predicted octanol–water partition coefficient (Wildman–Crippen LogP) is 2.76. The Morgan fingerprint density at radius 1 is 1.06 bits per heavy atom. The van der Waals surface area contributed by atoms with Crippen molar-refractivity contribution >= 4 is 11.2 Å². The van der Waals surface area contributed by atoms with Crippen molar-refractivity contribution < 1.29 is 4.39 Å². The van der Waals surface area contributed by atoms with Gasteiger partial charge in [-0.2, -0.15) is 0 Å². The summed E-state index contributed by atoms with van der Waals surface area (Å²) in [4.78, 5) is 11.6. The highest BCUT2D eigenvalue weighted by molar-refractivity contribution is 5.75. The quantitative estimate of drug-likeness (QED) is 0.675. The first-order valence-electron chi connectivity index (χ1n) is 4.89. The number of fused-ring (bicyclic) bond motifs is 1. The summed E-state index contributed by atoms with van der Waals surface area (Å²) in [6.07, 6.45) is 1.69. The third kappa shape index (κ3) is 1.44. The first-order valence-corrected chi connectivity index (χ1v) is 4.89. The zero-order valence-electron chi connectivity index (χ0n) is 8.31. The van der Waals surface area contributed by atoms with Gasteiger partial charge in [0.25, 0.3) is 0 Å². The number of H-pyrrole nitrogens is 1. The maximum Gasteiger partial charge on any atom is 0.178 e. The van der Waals surface area contributed by atoms with Crippen molar-refractivity contribution in [3.8, 4) is 11.4 Å². The first-order chi connectivity index (χ1) is 7.83. The Kier molecular flexibility index (Phi) is 1.93. The van der Waals surface area contributed by atoms with E-state index in [1.807, 2.05) is 12.1 Å². The molecule has 0 fully saturated rings. The number of aromatic nitrogens is 3. The Morgan fingerprint density at radius 2 is 1.88 bits per heavy atom. The summed E-state index contributed by atoms with van der Waals surface area (Å²) in [7, 11) is 0. The molecule has 0 aliphatic heterocycles. The molecular weight excluding hydrogens is 205 g/mol. The molecule has 1 N–H and O–H groups in total. The van der Waals surface area contributed by atoms with E-state index >= 15 is 0 Å². The van der Waals surface area contributed by atoms with Gasteiger partial charge in [0.2, 0.25) is 0 Å². The average molecular weight is 213 g/mol. The molecule has 0 saturated heterocycles. The van der Waals surface area contributed by atoms with Crippen LogP contribution in [-0.4, -0.2) is 15.0 Å². The number of nitrogens with zero attached hydrogens (tertiary/aromatic N) is 2. The zero-order chi connectivity index (χ0) is 11.0. The number of halogens is 1. The van der Waals surface area contributed by atoms with E-state index in [1.165, 1.54) is 12.1 Å². The Hall–Kier alpha value is -2.23. The van der Waals surface area contributed by atoms with E-state index in [2.05, 4.69) is 15.0 Å². The second kappa shape index (κ2) is 3.41. The Bertz CT molecular complexity index is 595. The summed E-state index contributed by atoms with van der Waals surface area (Å²) >= 11 is 0. The van der Waals surface area contributed by atoms with Crippen LogP contribution in [0.5, 0.6) is 0 Å². The molecule has 2 aromatic heterocycles. The molecule has 78 valence electrons. The zero-order valence-corrected chi connectivity index (χ0v) is 8.31. The smallest absolute Gasteiger partial charge is 0.178 e. The molecule has 4 heteroatoms. The van der Waals surface area contributed by atoms with Crippen molar-refractivity contribution in [2.45, 2.75) is 0 Å². The van der Waals surface area contributed by atoms with Crippen LogP contribution >= 0.6 is 0 Å². The van der Waals surface area contributed by atoms with Gasteiger partial charge < -0.3 is 4.98 Å². The highest BCUT2D eigenvalue weighted by atomic mass is 19.1. The number of pyridine rings is 1. The summed E-state index contributed by atoms with van der Waals surface area (Å²) in [5.41, 5.74) is 2.39. The maximum atomic E-state index is 12.8. The van der Waals surface area contributed by atoms with E-state index in [1.54, 1.807) is 18.3 Å². The van der Waals surface area contributed by atoms with Crippen LogP contribution in [0.2, 0.25) is 0 Å². The van der Waals surface area contributed by atoms with Gasteiger partial charge in [-0.25, -0.2) is 14.4 Å². The molecular formula is C12H8FN3. The van der Waals surface area contributed by atoms with Crippen molar-refractivity contribution in [1.29, 1.82) is 0 Å². The van der Waals surface area contributed by atoms with Crippen LogP contribution in [0.3, 0.4) is 0 Å². The number of rotatable bonds is 1. The molecule has 0 bridgehead atoms. The lowest BCUT2D eigenvalue weighted by Gasteiger charge is -1.94. The second-order valence-electron chi connectivity index (χ2n) is 3.47. The van der Waals surface area contributed by atoms with Crippen molar-refractivity contribution in [2.24, 2.45) is 0 Å². The number of nitrogens with one attached hydrogen (secondary N) is 1. The molecule has 0 atom stereocenters. The van der Waals surface area contributed by atoms with Crippen molar-refractivity contribution in [3.63, 3.8) is 0 Å². The third-order valence-electron chi connectivity index (χ3n) is 2.38. The first kappa shape index (κ1) is 9.03. The topological polar surface area (TPSA) is 41.6 Å². The lowest BCUT2D eigenvalue weighted by atomic mass is 10.2. The van der Waals surface area contributed by atoms with E-state index < -0.39 is 0 Å². The molecule has 0 saturated carbocycles. The lowest BCUT2D eigenvalue weighted by molar-refractivity contribution is 0.628. The van der Waals surface area contributed by atoms with Crippen LogP contribution in [0, 0.1) is 5.82 Å². The monoisotopic (exact) mass is 213 g/mol. The van der Waals surface area contributed by atoms with E-state index in [4.69, 9.17) is 0 Å². The summed E-state index contributed by atoms with van der Waals surface area (Å²) in [6.45, 7) is 0. The van der Waals surface area contributed by atoms with Crippen molar-refractivity contribution in [3.05, 3.63) is 48.4 Å². The lowest BCUT2D eigenvalue weighted by Crippen LogP contribution is -1.80. The fraction of sp³-hybridized carbons (Fsp3) is 0. The minimum Gasteiger partial charge on any atom is -0.337 e. The average Bonchev–Trinajstić information content (AvgIpc) is 2.73. The molecule has 2 heterocycles. The molecule has 1 aromatic carbocycles. The highest BCUT2D eigenvalue weighted by Crippen LogP contribution is 2.19. The van der Waals surface area contributed by atoms with Crippen LogP contribution in [0.25, 0.3) is 22.6 Å². The van der Waals surface area contributed by atoms with Crippen LogP contribution < -0.4 is 0 Å². The van der Waals surface area contributed by atoms with Crippen LogP contribution in [0.1, 0.15) is 0 Å². The minimum absolute atomic E-state index is 0.252. The largest absolute Gasteiger partial charge is 0.337 e. The molecule has 0 aliphatic carbocycles. The minimum atomic E-state index is -0.252.